The Kier molecular flexibility index (Phi) is 2.76. The van der Waals surface area contributed by atoms with Gasteiger partial charge in [0.15, 0.2) is 0 Å². The molecule has 2 heterocycles. The Bertz CT molecular complexity index is 971. The highest BCUT2D eigenvalue weighted by molar-refractivity contribution is 6.04. The number of carbonyl (C=O) groups excluding carboxylic acids is 1. The normalized spacial score (nSPS) is 14.4. The van der Waals surface area contributed by atoms with Gasteiger partial charge in [0.2, 0.25) is 5.91 Å². The third kappa shape index (κ3) is 2.06. The molecule has 110 valence electrons. The highest BCUT2D eigenvalue weighted by atomic mass is 16.4. The molecule has 1 fully saturated rings. The predicted octanol–water partition coefficient (Wildman–Crippen LogP) is 3.00. The number of benzene rings is 1. The van der Waals surface area contributed by atoms with E-state index in [1.807, 2.05) is 25.1 Å². The van der Waals surface area contributed by atoms with E-state index >= 15 is 0 Å². The summed E-state index contributed by atoms with van der Waals surface area (Å²) in [6, 6.07) is 8.99. The standard InChI is InChI=1S/C17H14N2O3/c1-9-8-13(19-16(20)10-6-7-10)18-15-11-4-2-3-5-12(11)22-17(21)14(9)15/h2-5,8,10H,6-7H2,1H3,(H,18,19,20). The van der Waals surface area contributed by atoms with E-state index < -0.39 is 5.63 Å². The maximum atomic E-state index is 12.2. The molecule has 0 spiro atoms. The number of aromatic nitrogens is 1. The number of nitrogens with one attached hydrogen (secondary N) is 1. The van der Waals surface area contributed by atoms with E-state index in [0.717, 1.165) is 23.8 Å². The lowest BCUT2D eigenvalue weighted by Gasteiger charge is -2.08. The molecule has 1 saturated carbocycles. The van der Waals surface area contributed by atoms with Crippen molar-refractivity contribution in [3.63, 3.8) is 0 Å². The molecule has 0 unspecified atom stereocenters. The van der Waals surface area contributed by atoms with Crippen molar-refractivity contribution < 1.29 is 9.21 Å². The minimum atomic E-state index is -0.404. The van der Waals surface area contributed by atoms with Crippen molar-refractivity contribution in [3.05, 3.63) is 46.3 Å². The molecule has 2 aromatic heterocycles. The van der Waals surface area contributed by atoms with Gasteiger partial charge in [0, 0.05) is 11.3 Å². The molecule has 1 N–H and O–H groups in total. The summed E-state index contributed by atoms with van der Waals surface area (Å²) < 4.78 is 5.34. The van der Waals surface area contributed by atoms with Crippen LogP contribution in [0.4, 0.5) is 5.82 Å². The average Bonchev–Trinajstić information content (AvgIpc) is 3.31. The lowest BCUT2D eigenvalue weighted by molar-refractivity contribution is -0.117. The van der Waals surface area contributed by atoms with Crippen LogP contribution in [0.1, 0.15) is 18.4 Å². The van der Waals surface area contributed by atoms with E-state index in [2.05, 4.69) is 10.3 Å². The van der Waals surface area contributed by atoms with Gasteiger partial charge < -0.3 is 9.73 Å². The zero-order valence-corrected chi connectivity index (χ0v) is 12.1. The van der Waals surface area contributed by atoms with Crippen LogP contribution in [-0.2, 0) is 4.79 Å². The van der Waals surface area contributed by atoms with Crippen LogP contribution in [0, 0.1) is 12.8 Å². The number of rotatable bonds is 2. The summed E-state index contributed by atoms with van der Waals surface area (Å²) in [5.41, 5.74) is 1.41. The van der Waals surface area contributed by atoms with Gasteiger partial charge in [-0.3, -0.25) is 4.79 Å². The molecule has 22 heavy (non-hydrogen) atoms. The SMILES string of the molecule is Cc1cc(NC(=O)C2CC2)nc2c1c(=O)oc1ccccc12. The Labute approximate surface area is 126 Å². The third-order valence-corrected chi connectivity index (χ3v) is 3.96. The van der Waals surface area contributed by atoms with E-state index in [1.165, 1.54) is 0 Å². The number of fused-ring (bicyclic) bond motifs is 3. The monoisotopic (exact) mass is 294 g/mol. The van der Waals surface area contributed by atoms with Crippen molar-refractivity contribution in [1.82, 2.24) is 4.98 Å². The lowest BCUT2D eigenvalue weighted by atomic mass is 10.1. The van der Waals surface area contributed by atoms with Gasteiger partial charge in [0.05, 0.1) is 10.9 Å². The minimum absolute atomic E-state index is 0.00137. The molecule has 0 atom stereocenters. The minimum Gasteiger partial charge on any atom is -0.422 e. The molecule has 4 rings (SSSR count). The molecule has 5 heteroatoms. The smallest absolute Gasteiger partial charge is 0.346 e. The van der Waals surface area contributed by atoms with Crippen LogP contribution in [0.25, 0.3) is 21.9 Å². The molecule has 1 aliphatic carbocycles. The van der Waals surface area contributed by atoms with E-state index in [4.69, 9.17) is 4.42 Å². The number of pyridine rings is 1. The van der Waals surface area contributed by atoms with Crippen molar-refractivity contribution in [2.24, 2.45) is 5.92 Å². The second kappa shape index (κ2) is 4.66. The molecule has 0 aliphatic heterocycles. The van der Waals surface area contributed by atoms with Gasteiger partial charge in [0.25, 0.3) is 0 Å². The predicted molar refractivity (Wildman–Crippen MR) is 83.9 cm³/mol. The maximum absolute atomic E-state index is 12.2. The first-order chi connectivity index (χ1) is 10.6. The quantitative estimate of drug-likeness (QED) is 0.582. The highest BCUT2D eigenvalue weighted by Gasteiger charge is 2.30. The van der Waals surface area contributed by atoms with E-state index in [9.17, 15) is 9.59 Å². The molecule has 1 aromatic carbocycles. The van der Waals surface area contributed by atoms with Gasteiger partial charge in [0.1, 0.15) is 11.4 Å². The summed E-state index contributed by atoms with van der Waals surface area (Å²) in [6.07, 6.45) is 1.87. The summed E-state index contributed by atoms with van der Waals surface area (Å²) in [4.78, 5) is 28.6. The Balaban J connectivity index is 1.96. The van der Waals surface area contributed by atoms with Gasteiger partial charge in [-0.2, -0.15) is 0 Å². The van der Waals surface area contributed by atoms with Crippen LogP contribution in [0.5, 0.6) is 0 Å². The molecule has 1 amide bonds. The fourth-order valence-electron chi connectivity index (χ4n) is 2.67. The third-order valence-electron chi connectivity index (χ3n) is 3.96. The number of carbonyl (C=O) groups is 1. The Morgan fingerprint density at radius 3 is 2.86 bits per heavy atom. The van der Waals surface area contributed by atoms with Crippen LogP contribution in [0.2, 0.25) is 0 Å². The van der Waals surface area contributed by atoms with Crippen LogP contribution in [0.15, 0.2) is 39.5 Å². The molecule has 3 aromatic rings. The number of amides is 1. The van der Waals surface area contributed by atoms with E-state index in [0.29, 0.717) is 22.3 Å². The summed E-state index contributed by atoms with van der Waals surface area (Å²) in [7, 11) is 0. The highest BCUT2D eigenvalue weighted by Crippen LogP contribution is 2.31. The topological polar surface area (TPSA) is 72.2 Å². The molecule has 1 aliphatic rings. The first-order valence-corrected chi connectivity index (χ1v) is 7.27. The van der Waals surface area contributed by atoms with Crippen LogP contribution in [-0.4, -0.2) is 10.9 Å². The number of anilines is 1. The Morgan fingerprint density at radius 2 is 2.09 bits per heavy atom. The van der Waals surface area contributed by atoms with Crippen molar-refractivity contribution in [2.45, 2.75) is 19.8 Å². The van der Waals surface area contributed by atoms with Gasteiger partial charge in [-0.15, -0.1) is 0 Å². The maximum Gasteiger partial charge on any atom is 0.346 e. The first kappa shape index (κ1) is 13.0. The van der Waals surface area contributed by atoms with Gasteiger partial charge >= 0.3 is 5.63 Å². The number of nitrogens with zero attached hydrogens (tertiary/aromatic N) is 1. The fraction of sp³-hybridized carbons (Fsp3) is 0.235. The van der Waals surface area contributed by atoms with Crippen molar-refractivity contribution >= 4 is 33.6 Å². The summed E-state index contributed by atoms with van der Waals surface area (Å²) >= 11 is 0. The Hall–Kier alpha value is -2.69. The summed E-state index contributed by atoms with van der Waals surface area (Å²) in [6.45, 7) is 1.82. The van der Waals surface area contributed by atoms with Gasteiger partial charge in [-0.1, -0.05) is 12.1 Å². The average molecular weight is 294 g/mol. The zero-order valence-electron chi connectivity index (χ0n) is 12.1. The summed E-state index contributed by atoms with van der Waals surface area (Å²) in [5.74, 6) is 0.589. The number of hydrogen-bond donors (Lipinski definition) is 1. The molecular weight excluding hydrogens is 280 g/mol. The van der Waals surface area contributed by atoms with Crippen LogP contribution in [0.3, 0.4) is 0 Å². The largest absolute Gasteiger partial charge is 0.422 e. The second-order valence-corrected chi connectivity index (χ2v) is 5.70. The second-order valence-electron chi connectivity index (χ2n) is 5.70. The van der Waals surface area contributed by atoms with Crippen molar-refractivity contribution in [1.29, 1.82) is 0 Å². The molecule has 0 radical (unpaired) electrons. The molecule has 5 nitrogen and oxygen atoms in total. The molecular formula is C17H14N2O3. The van der Waals surface area contributed by atoms with E-state index in [1.54, 1.807) is 12.1 Å². The number of aryl methyl sites for hydroxylation is 1. The molecule has 0 bridgehead atoms. The van der Waals surface area contributed by atoms with Crippen molar-refractivity contribution in [3.8, 4) is 0 Å². The zero-order chi connectivity index (χ0) is 15.3. The van der Waals surface area contributed by atoms with Crippen molar-refractivity contribution in [2.75, 3.05) is 5.32 Å². The van der Waals surface area contributed by atoms with E-state index in [-0.39, 0.29) is 11.8 Å². The van der Waals surface area contributed by atoms with Gasteiger partial charge in [-0.05, 0) is 43.5 Å². The Morgan fingerprint density at radius 1 is 1.32 bits per heavy atom. The summed E-state index contributed by atoms with van der Waals surface area (Å²) in [5, 5.41) is 4.07. The lowest BCUT2D eigenvalue weighted by Crippen LogP contribution is -2.15. The van der Waals surface area contributed by atoms with Crippen LogP contribution >= 0.6 is 0 Å². The number of para-hydroxylation sites is 1. The fourth-order valence-corrected chi connectivity index (χ4v) is 2.67. The van der Waals surface area contributed by atoms with Gasteiger partial charge in [-0.25, -0.2) is 9.78 Å². The van der Waals surface area contributed by atoms with Crippen LogP contribution < -0.4 is 10.9 Å². The number of hydrogen-bond acceptors (Lipinski definition) is 4. The molecule has 0 saturated heterocycles. The first-order valence-electron chi connectivity index (χ1n) is 7.27.